The van der Waals surface area contributed by atoms with Crippen LogP contribution in [0.5, 0.6) is 0 Å². The second kappa shape index (κ2) is 7.27. The summed E-state index contributed by atoms with van der Waals surface area (Å²) in [4.78, 5) is 15.8. The van der Waals surface area contributed by atoms with Gasteiger partial charge in [-0.25, -0.2) is 10.5 Å². The first-order valence-corrected chi connectivity index (χ1v) is 8.09. The van der Waals surface area contributed by atoms with E-state index in [0.29, 0.717) is 0 Å². The quantitative estimate of drug-likeness (QED) is 0.504. The van der Waals surface area contributed by atoms with E-state index in [2.05, 4.69) is 22.8 Å². The fraction of sp³-hybridized carbons (Fsp3) is 0.263. The molecule has 5 nitrogen and oxygen atoms in total. The van der Waals surface area contributed by atoms with Crippen molar-refractivity contribution in [2.75, 3.05) is 0 Å². The molecule has 2 N–H and O–H groups in total. The molecule has 1 heterocycles. The monoisotopic (exact) mass is 323 g/mol. The Morgan fingerprint density at radius 3 is 3.04 bits per heavy atom. The highest BCUT2D eigenvalue weighted by atomic mass is 16.5. The maximum absolute atomic E-state index is 11.1. The summed E-state index contributed by atoms with van der Waals surface area (Å²) < 4.78 is 2.13. The second-order valence-electron chi connectivity index (χ2n) is 5.94. The Kier molecular flexibility index (Phi) is 4.91. The first kappa shape index (κ1) is 16.2. The molecule has 0 bridgehead atoms. The van der Waals surface area contributed by atoms with Gasteiger partial charge in [-0.1, -0.05) is 29.9 Å². The Hall–Kier alpha value is -2.66. The third-order valence-corrected chi connectivity index (χ3v) is 4.30. The number of hydroxylamine groups is 1. The van der Waals surface area contributed by atoms with E-state index < -0.39 is 5.91 Å². The van der Waals surface area contributed by atoms with Crippen LogP contribution in [0.3, 0.4) is 0 Å². The average molecular weight is 323 g/mol. The minimum absolute atomic E-state index is 0.549. The van der Waals surface area contributed by atoms with Crippen molar-refractivity contribution in [3.63, 3.8) is 0 Å². The summed E-state index contributed by atoms with van der Waals surface area (Å²) in [5, 5.41) is 8.52. The van der Waals surface area contributed by atoms with Crippen molar-refractivity contribution in [2.45, 2.75) is 25.7 Å². The fourth-order valence-electron chi connectivity index (χ4n) is 2.94. The summed E-state index contributed by atoms with van der Waals surface area (Å²) in [6.45, 7) is 0. The summed E-state index contributed by atoms with van der Waals surface area (Å²) in [5.41, 5.74) is 5.91. The van der Waals surface area contributed by atoms with Crippen LogP contribution in [0.25, 0.3) is 17.1 Å². The molecule has 1 amide bonds. The molecule has 1 aromatic carbocycles. The number of carbonyl (C=O) groups is 1. The number of rotatable bonds is 5. The van der Waals surface area contributed by atoms with Gasteiger partial charge in [0, 0.05) is 19.5 Å². The maximum Gasteiger partial charge on any atom is 0.267 e. The largest absolute Gasteiger partial charge is 0.331 e. The van der Waals surface area contributed by atoms with E-state index in [1.165, 1.54) is 11.6 Å². The predicted octanol–water partition coefficient (Wildman–Crippen LogP) is 3.30. The maximum atomic E-state index is 11.1. The van der Waals surface area contributed by atoms with Crippen molar-refractivity contribution in [1.29, 1.82) is 0 Å². The zero-order chi connectivity index (χ0) is 16.9. The van der Waals surface area contributed by atoms with Crippen LogP contribution in [-0.2, 0) is 18.3 Å². The number of aryl methyl sites for hydroxylation is 2. The van der Waals surface area contributed by atoms with Gasteiger partial charge >= 0.3 is 0 Å². The molecule has 0 saturated carbocycles. The van der Waals surface area contributed by atoms with Crippen LogP contribution in [0.15, 0.2) is 48.1 Å². The number of carbonyl (C=O) groups excluding carboxylic acids is 1. The molecule has 1 aliphatic carbocycles. The van der Waals surface area contributed by atoms with Crippen LogP contribution in [-0.4, -0.2) is 20.7 Å². The molecule has 1 aliphatic rings. The molecule has 0 saturated heterocycles. The Morgan fingerprint density at radius 2 is 2.29 bits per heavy atom. The topological polar surface area (TPSA) is 67.2 Å². The van der Waals surface area contributed by atoms with Crippen LogP contribution < -0.4 is 5.48 Å². The van der Waals surface area contributed by atoms with E-state index in [1.54, 1.807) is 11.6 Å². The number of hydrogen-bond acceptors (Lipinski definition) is 3. The molecular formula is C19H21N3O2. The standard InChI is InChI=1S/C19H21N3O2/c1-22-17-10-7-15(9-12-19(23)21-24)13-16(17)20-18(22)11-8-14-5-3-2-4-6-14/h2-3,5,7,9-10,12-13,24H,4,6,8,11H2,1H3,(H,21,23)/b12-9+. The second-order valence-corrected chi connectivity index (χ2v) is 5.94. The van der Waals surface area contributed by atoms with E-state index in [0.717, 1.165) is 48.1 Å². The number of imidazole rings is 1. The molecule has 3 rings (SSSR count). The minimum Gasteiger partial charge on any atom is -0.331 e. The Balaban J connectivity index is 1.78. The Bertz CT molecular complexity index is 844. The minimum atomic E-state index is -0.549. The lowest BCUT2D eigenvalue weighted by molar-refractivity contribution is -0.124. The lowest BCUT2D eigenvalue weighted by Crippen LogP contribution is -2.14. The van der Waals surface area contributed by atoms with Gasteiger partial charge in [0.25, 0.3) is 5.91 Å². The fourth-order valence-corrected chi connectivity index (χ4v) is 2.94. The lowest BCUT2D eigenvalue weighted by Gasteiger charge is -2.08. The van der Waals surface area contributed by atoms with Gasteiger partial charge in [0.05, 0.1) is 11.0 Å². The third-order valence-electron chi connectivity index (χ3n) is 4.30. The molecule has 0 spiro atoms. The number of amides is 1. The van der Waals surface area contributed by atoms with Gasteiger partial charge in [-0.3, -0.25) is 10.0 Å². The summed E-state index contributed by atoms with van der Waals surface area (Å²) in [5.74, 6) is 0.515. The predicted molar refractivity (Wildman–Crippen MR) is 94.5 cm³/mol. The summed E-state index contributed by atoms with van der Waals surface area (Å²) in [7, 11) is 2.04. The van der Waals surface area contributed by atoms with E-state index in [-0.39, 0.29) is 0 Å². The van der Waals surface area contributed by atoms with Gasteiger partial charge in [0.1, 0.15) is 5.82 Å². The molecule has 1 aromatic heterocycles. The zero-order valence-electron chi connectivity index (χ0n) is 13.7. The summed E-state index contributed by atoms with van der Waals surface area (Å²) >= 11 is 0. The van der Waals surface area contributed by atoms with Crippen molar-refractivity contribution in [3.8, 4) is 0 Å². The number of fused-ring (bicyclic) bond motifs is 1. The van der Waals surface area contributed by atoms with Crippen molar-refractivity contribution < 1.29 is 10.0 Å². The number of benzene rings is 1. The molecular weight excluding hydrogens is 302 g/mol. The van der Waals surface area contributed by atoms with Crippen LogP contribution in [0.1, 0.15) is 30.7 Å². The van der Waals surface area contributed by atoms with Crippen LogP contribution in [0.2, 0.25) is 0 Å². The Labute approximate surface area is 141 Å². The highest BCUT2D eigenvalue weighted by Gasteiger charge is 2.09. The number of nitrogens with zero attached hydrogens (tertiary/aromatic N) is 2. The first-order chi connectivity index (χ1) is 11.7. The summed E-state index contributed by atoms with van der Waals surface area (Å²) in [6, 6.07) is 5.89. The van der Waals surface area contributed by atoms with Gasteiger partial charge in [-0.15, -0.1) is 0 Å². The normalized spacial score (nSPS) is 14.3. The van der Waals surface area contributed by atoms with E-state index in [9.17, 15) is 4.79 Å². The average Bonchev–Trinajstić information content (AvgIpc) is 2.94. The van der Waals surface area contributed by atoms with Crippen molar-refractivity contribution in [1.82, 2.24) is 15.0 Å². The van der Waals surface area contributed by atoms with Crippen molar-refractivity contribution in [2.24, 2.45) is 7.05 Å². The van der Waals surface area contributed by atoms with Gasteiger partial charge in [-0.05, 0) is 43.0 Å². The van der Waals surface area contributed by atoms with E-state index in [1.807, 2.05) is 25.2 Å². The molecule has 0 radical (unpaired) electrons. The van der Waals surface area contributed by atoms with Gasteiger partial charge in [0.15, 0.2) is 0 Å². The zero-order valence-corrected chi connectivity index (χ0v) is 13.7. The number of aromatic nitrogens is 2. The smallest absolute Gasteiger partial charge is 0.267 e. The van der Waals surface area contributed by atoms with E-state index in [4.69, 9.17) is 10.2 Å². The lowest BCUT2D eigenvalue weighted by atomic mass is 10.0. The molecule has 0 fully saturated rings. The first-order valence-electron chi connectivity index (χ1n) is 8.09. The number of allylic oxidation sites excluding steroid dienone is 4. The van der Waals surface area contributed by atoms with Gasteiger partial charge in [0.2, 0.25) is 0 Å². The number of nitrogens with one attached hydrogen (secondary N) is 1. The molecule has 124 valence electrons. The van der Waals surface area contributed by atoms with Crippen LogP contribution in [0, 0.1) is 0 Å². The molecule has 0 atom stereocenters. The molecule has 5 heteroatoms. The van der Waals surface area contributed by atoms with Crippen LogP contribution in [0.4, 0.5) is 0 Å². The van der Waals surface area contributed by atoms with Crippen LogP contribution >= 0.6 is 0 Å². The van der Waals surface area contributed by atoms with Crippen molar-refractivity contribution in [3.05, 3.63) is 59.5 Å². The highest BCUT2D eigenvalue weighted by molar-refractivity contribution is 5.91. The van der Waals surface area contributed by atoms with Gasteiger partial charge in [-0.2, -0.15) is 0 Å². The van der Waals surface area contributed by atoms with Gasteiger partial charge < -0.3 is 4.57 Å². The molecule has 0 aliphatic heterocycles. The summed E-state index contributed by atoms with van der Waals surface area (Å²) in [6.07, 6.45) is 13.7. The van der Waals surface area contributed by atoms with Crippen molar-refractivity contribution >= 4 is 23.0 Å². The number of hydrogen-bond donors (Lipinski definition) is 2. The molecule has 24 heavy (non-hydrogen) atoms. The highest BCUT2D eigenvalue weighted by Crippen LogP contribution is 2.21. The third kappa shape index (κ3) is 3.63. The Morgan fingerprint density at radius 1 is 1.42 bits per heavy atom. The van der Waals surface area contributed by atoms with E-state index >= 15 is 0 Å². The SMILES string of the molecule is Cn1c(CCC2=CC=CCC2)nc2cc(/C=C/C(=O)NO)ccc21. The molecule has 0 unspecified atom stereocenters. The molecule has 2 aromatic rings.